The van der Waals surface area contributed by atoms with Gasteiger partial charge in [0.05, 0.1) is 16.8 Å². The minimum Gasteiger partial charge on any atom is -0.323 e. The number of fused-ring (bicyclic) bond motifs is 1. The van der Waals surface area contributed by atoms with E-state index in [4.69, 9.17) is 0 Å². The second-order valence-electron chi connectivity index (χ2n) is 5.12. The molecule has 23 heavy (non-hydrogen) atoms. The lowest BCUT2D eigenvalue weighted by molar-refractivity contribution is -0.117. The summed E-state index contributed by atoms with van der Waals surface area (Å²) in [7, 11) is 0. The number of carbonyl (C=O) groups is 1. The molecule has 0 radical (unpaired) electrons. The Morgan fingerprint density at radius 2 is 1.78 bits per heavy atom. The summed E-state index contributed by atoms with van der Waals surface area (Å²) in [5, 5.41) is 8.37. The normalized spacial score (nSPS) is 10.7. The molecule has 0 atom stereocenters. The van der Waals surface area contributed by atoms with Crippen LogP contribution in [-0.4, -0.2) is 15.7 Å². The highest BCUT2D eigenvalue weighted by molar-refractivity contribution is 9.10. The number of aromatic nitrogens is 2. The summed E-state index contributed by atoms with van der Waals surface area (Å²) in [5.74, 6) is -0.304. The Balaban J connectivity index is 1.90. The minimum atomic E-state index is -0.304. The summed E-state index contributed by atoms with van der Waals surface area (Å²) in [6.07, 6.45) is 0. The summed E-state index contributed by atoms with van der Waals surface area (Å²) in [5.41, 5.74) is 1.10. The molecule has 0 saturated heterocycles. The maximum atomic E-state index is 12.4. The van der Waals surface area contributed by atoms with E-state index in [1.54, 1.807) is 18.2 Å². The second-order valence-corrected chi connectivity index (χ2v) is 5.98. The predicted octanol–water partition coefficient (Wildman–Crippen LogP) is 3.11. The number of rotatable bonds is 3. The van der Waals surface area contributed by atoms with E-state index in [0.29, 0.717) is 16.8 Å². The molecule has 0 aliphatic rings. The Bertz CT molecular complexity index is 950. The molecule has 1 aromatic heterocycles. The summed E-state index contributed by atoms with van der Waals surface area (Å²) in [6, 6.07) is 14.6. The van der Waals surface area contributed by atoms with E-state index >= 15 is 0 Å². The molecule has 2 aromatic carbocycles. The molecule has 5 nitrogen and oxygen atoms in total. The zero-order chi connectivity index (χ0) is 16.4. The standard InChI is InChI=1S/C17H14BrN3O2/c1-11-12-6-2-3-7-13(12)17(23)21(20-11)10-16(22)19-15-9-5-4-8-14(15)18/h2-9H,10H2,1H3,(H,19,22). The van der Waals surface area contributed by atoms with Crippen LogP contribution in [0.2, 0.25) is 0 Å². The van der Waals surface area contributed by atoms with Crippen LogP contribution in [0.5, 0.6) is 0 Å². The molecule has 1 heterocycles. The number of benzene rings is 2. The Morgan fingerprint density at radius 1 is 1.13 bits per heavy atom. The van der Waals surface area contributed by atoms with Crippen LogP contribution in [0.1, 0.15) is 5.69 Å². The van der Waals surface area contributed by atoms with Crippen molar-refractivity contribution in [2.45, 2.75) is 13.5 Å². The average molecular weight is 372 g/mol. The van der Waals surface area contributed by atoms with Crippen molar-refractivity contribution >= 4 is 38.3 Å². The summed E-state index contributed by atoms with van der Waals surface area (Å²) in [6.45, 7) is 1.69. The first-order valence-electron chi connectivity index (χ1n) is 7.07. The highest BCUT2D eigenvalue weighted by Gasteiger charge is 2.11. The van der Waals surface area contributed by atoms with Crippen molar-refractivity contribution in [1.82, 2.24) is 9.78 Å². The molecule has 1 N–H and O–H groups in total. The summed E-state index contributed by atoms with van der Waals surface area (Å²) < 4.78 is 1.98. The van der Waals surface area contributed by atoms with E-state index in [9.17, 15) is 9.59 Å². The summed E-state index contributed by atoms with van der Waals surface area (Å²) in [4.78, 5) is 24.6. The maximum absolute atomic E-state index is 12.4. The number of nitrogens with zero attached hydrogens (tertiary/aromatic N) is 2. The van der Waals surface area contributed by atoms with Crippen molar-refractivity contribution in [2.24, 2.45) is 0 Å². The number of amides is 1. The zero-order valence-electron chi connectivity index (χ0n) is 12.4. The first kappa shape index (κ1) is 15.4. The van der Waals surface area contributed by atoms with Gasteiger partial charge in [0.1, 0.15) is 6.54 Å². The van der Waals surface area contributed by atoms with Crippen LogP contribution in [0.4, 0.5) is 5.69 Å². The van der Waals surface area contributed by atoms with E-state index < -0.39 is 0 Å². The smallest absolute Gasteiger partial charge is 0.275 e. The number of nitrogens with one attached hydrogen (secondary N) is 1. The Morgan fingerprint density at radius 3 is 2.52 bits per heavy atom. The SMILES string of the molecule is Cc1nn(CC(=O)Nc2ccccc2Br)c(=O)c2ccccc12. The predicted molar refractivity (Wildman–Crippen MR) is 93.5 cm³/mol. The molecular formula is C17H14BrN3O2. The van der Waals surface area contributed by atoms with Gasteiger partial charge in [-0.3, -0.25) is 9.59 Å². The van der Waals surface area contributed by atoms with E-state index in [0.717, 1.165) is 9.86 Å². The fourth-order valence-corrected chi connectivity index (χ4v) is 2.78. The largest absolute Gasteiger partial charge is 0.323 e. The number of para-hydroxylation sites is 1. The highest BCUT2D eigenvalue weighted by atomic mass is 79.9. The lowest BCUT2D eigenvalue weighted by Gasteiger charge is -2.10. The van der Waals surface area contributed by atoms with Gasteiger partial charge < -0.3 is 5.32 Å². The lowest BCUT2D eigenvalue weighted by atomic mass is 10.1. The van der Waals surface area contributed by atoms with Gasteiger partial charge in [-0.25, -0.2) is 4.68 Å². The molecule has 3 rings (SSSR count). The van der Waals surface area contributed by atoms with Gasteiger partial charge in [-0.2, -0.15) is 5.10 Å². The second kappa shape index (κ2) is 6.34. The van der Waals surface area contributed by atoms with Crippen LogP contribution in [0.15, 0.2) is 57.8 Å². The topological polar surface area (TPSA) is 64.0 Å². The van der Waals surface area contributed by atoms with Gasteiger partial charge in [0.25, 0.3) is 5.56 Å². The quantitative estimate of drug-likeness (QED) is 0.769. The monoisotopic (exact) mass is 371 g/mol. The van der Waals surface area contributed by atoms with Gasteiger partial charge >= 0.3 is 0 Å². The third-order valence-corrected chi connectivity index (χ3v) is 4.19. The van der Waals surface area contributed by atoms with Gasteiger partial charge in [-0.15, -0.1) is 0 Å². The van der Waals surface area contributed by atoms with Crippen molar-refractivity contribution < 1.29 is 4.79 Å². The Kier molecular flexibility index (Phi) is 4.25. The van der Waals surface area contributed by atoms with Gasteiger partial charge in [-0.05, 0) is 41.1 Å². The fourth-order valence-electron chi connectivity index (χ4n) is 2.40. The van der Waals surface area contributed by atoms with Crippen molar-refractivity contribution in [3.8, 4) is 0 Å². The molecule has 6 heteroatoms. The zero-order valence-corrected chi connectivity index (χ0v) is 14.0. The number of hydrogen-bond acceptors (Lipinski definition) is 3. The van der Waals surface area contributed by atoms with E-state index in [-0.39, 0.29) is 18.0 Å². The van der Waals surface area contributed by atoms with Crippen LogP contribution < -0.4 is 10.9 Å². The van der Waals surface area contributed by atoms with Crippen LogP contribution in [0, 0.1) is 6.92 Å². The van der Waals surface area contributed by atoms with E-state index in [1.165, 1.54) is 4.68 Å². The van der Waals surface area contributed by atoms with Gasteiger partial charge in [0, 0.05) is 9.86 Å². The Labute approximate surface area is 141 Å². The number of halogens is 1. The van der Waals surface area contributed by atoms with Crippen molar-refractivity contribution in [2.75, 3.05) is 5.32 Å². The van der Waals surface area contributed by atoms with Crippen LogP contribution >= 0.6 is 15.9 Å². The van der Waals surface area contributed by atoms with E-state index in [2.05, 4.69) is 26.3 Å². The Hall–Kier alpha value is -2.47. The molecule has 0 bridgehead atoms. The molecule has 0 aliphatic heterocycles. The van der Waals surface area contributed by atoms with E-state index in [1.807, 2.05) is 37.3 Å². The van der Waals surface area contributed by atoms with Gasteiger partial charge in [-0.1, -0.05) is 30.3 Å². The lowest BCUT2D eigenvalue weighted by Crippen LogP contribution is -2.30. The highest BCUT2D eigenvalue weighted by Crippen LogP contribution is 2.21. The van der Waals surface area contributed by atoms with Gasteiger partial charge in [0.15, 0.2) is 0 Å². The first-order chi connectivity index (χ1) is 11.1. The van der Waals surface area contributed by atoms with Crippen molar-refractivity contribution in [3.63, 3.8) is 0 Å². The third kappa shape index (κ3) is 3.17. The fraction of sp³-hybridized carbons (Fsp3) is 0.118. The third-order valence-electron chi connectivity index (χ3n) is 3.49. The summed E-state index contributed by atoms with van der Waals surface area (Å²) >= 11 is 3.37. The van der Waals surface area contributed by atoms with Crippen LogP contribution in [-0.2, 0) is 11.3 Å². The van der Waals surface area contributed by atoms with Crippen molar-refractivity contribution in [1.29, 1.82) is 0 Å². The molecule has 0 spiro atoms. The van der Waals surface area contributed by atoms with Crippen molar-refractivity contribution in [3.05, 3.63) is 69.1 Å². The minimum absolute atomic E-state index is 0.133. The molecule has 0 aliphatic carbocycles. The maximum Gasteiger partial charge on any atom is 0.275 e. The number of hydrogen-bond donors (Lipinski definition) is 1. The van der Waals surface area contributed by atoms with Gasteiger partial charge in [0.2, 0.25) is 5.91 Å². The van der Waals surface area contributed by atoms with Crippen LogP contribution in [0.25, 0.3) is 10.8 Å². The average Bonchev–Trinajstić information content (AvgIpc) is 2.54. The first-order valence-corrected chi connectivity index (χ1v) is 7.86. The molecule has 0 unspecified atom stereocenters. The van der Waals surface area contributed by atoms with Crippen LogP contribution in [0.3, 0.4) is 0 Å². The molecule has 1 amide bonds. The molecule has 116 valence electrons. The molecule has 0 fully saturated rings. The molecule has 3 aromatic rings. The number of aryl methyl sites for hydroxylation is 1. The number of carbonyl (C=O) groups excluding carboxylic acids is 1. The molecule has 0 saturated carbocycles. The number of anilines is 1. The molecular weight excluding hydrogens is 358 g/mol.